The van der Waals surface area contributed by atoms with Crippen molar-refractivity contribution in [3.8, 4) is 11.4 Å². The molecule has 0 fully saturated rings. The van der Waals surface area contributed by atoms with Gasteiger partial charge in [0.1, 0.15) is 16.1 Å². The van der Waals surface area contributed by atoms with Crippen LogP contribution in [0.4, 0.5) is 4.39 Å². The van der Waals surface area contributed by atoms with E-state index in [1.807, 2.05) is 0 Å². The van der Waals surface area contributed by atoms with Crippen LogP contribution in [-0.4, -0.2) is 15.2 Å². The summed E-state index contributed by atoms with van der Waals surface area (Å²) in [5.74, 6) is -0.362. The Kier molecular flexibility index (Phi) is 2.49. The summed E-state index contributed by atoms with van der Waals surface area (Å²) in [5.41, 5.74) is 1.22. The molecule has 0 bridgehead atoms. The van der Waals surface area contributed by atoms with E-state index < -0.39 is 0 Å². The number of nitrogens with zero attached hydrogens (tertiary/aromatic N) is 3. The molecular formula is C9H5BrFN3. The van der Waals surface area contributed by atoms with Crippen LogP contribution in [0.5, 0.6) is 0 Å². The minimum atomic E-state index is -0.362. The Hall–Kier alpha value is -1.36. The number of hydrogen-bond acceptors (Lipinski definition) is 3. The van der Waals surface area contributed by atoms with Crippen LogP contribution in [0.3, 0.4) is 0 Å². The lowest BCUT2D eigenvalue weighted by molar-refractivity contribution is 0.621. The fourth-order valence-electron chi connectivity index (χ4n) is 0.980. The van der Waals surface area contributed by atoms with Gasteiger partial charge in [0, 0.05) is 0 Å². The van der Waals surface area contributed by atoms with Crippen molar-refractivity contribution in [3.63, 3.8) is 0 Å². The second-order valence-electron chi connectivity index (χ2n) is 2.60. The molecule has 2 aromatic rings. The van der Waals surface area contributed by atoms with Gasteiger partial charge in [-0.3, -0.25) is 4.98 Å². The molecule has 5 heteroatoms. The lowest BCUT2D eigenvalue weighted by atomic mass is 10.2. The predicted molar refractivity (Wildman–Crippen MR) is 52.9 cm³/mol. The largest absolute Gasteiger partial charge is 0.251 e. The van der Waals surface area contributed by atoms with Crippen LogP contribution < -0.4 is 0 Å². The Morgan fingerprint density at radius 3 is 2.36 bits per heavy atom. The Labute approximate surface area is 88.1 Å². The van der Waals surface area contributed by atoms with Crippen LogP contribution in [0, 0.1) is 5.82 Å². The van der Waals surface area contributed by atoms with Crippen molar-refractivity contribution in [2.75, 3.05) is 0 Å². The third-order valence-corrected chi connectivity index (χ3v) is 2.04. The van der Waals surface area contributed by atoms with E-state index in [0.717, 1.165) is 6.20 Å². The number of halogens is 2. The Bertz CT molecular complexity index is 383. The fourth-order valence-corrected chi connectivity index (χ4v) is 1.19. The maximum absolute atomic E-state index is 12.6. The molecule has 2 aromatic heterocycles. The second-order valence-corrected chi connectivity index (χ2v) is 3.42. The topological polar surface area (TPSA) is 38.7 Å². The molecule has 0 spiro atoms. The van der Waals surface area contributed by atoms with Gasteiger partial charge < -0.3 is 0 Å². The SMILES string of the molecule is Fc1ccc(-c2ccc(Br)nn2)nc1. The molecule has 0 aliphatic rings. The van der Waals surface area contributed by atoms with Crippen molar-refractivity contribution in [1.29, 1.82) is 0 Å². The van der Waals surface area contributed by atoms with Crippen LogP contribution >= 0.6 is 15.9 Å². The van der Waals surface area contributed by atoms with E-state index in [9.17, 15) is 4.39 Å². The van der Waals surface area contributed by atoms with Gasteiger partial charge in [-0.05, 0) is 40.2 Å². The summed E-state index contributed by atoms with van der Waals surface area (Å²) in [5, 5.41) is 7.71. The van der Waals surface area contributed by atoms with Gasteiger partial charge in [-0.25, -0.2) is 4.39 Å². The number of aromatic nitrogens is 3. The van der Waals surface area contributed by atoms with Crippen LogP contribution in [0.15, 0.2) is 35.1 Å². The third kappa shape index (κ3) is 1.93. The molecule has 0 saturated carbocycles. The van der Waals surface area contributed by atoms with Gasteiger partial charge in [0.2, 0.25) is 0 Å². The zero-order valence-electron chi connectivity index (χ0n) is 6.98. The van der Waals surface area contributed by atoms with Gasteiger partial charge in [0.25, 0.3) is 0 Å². The molecule has 70 valence electrons. The van der Waals surface area contributed by atoms with Crippen LogP contribution in [0.1, 0.15) is 0 Å². The zero-order valence-corrected chi connectivity index (χ0v) is 8.57. The lowest BCUT2D eigenvalue weighted by Crippen LogP contribution is -1.90. The summed E-state index contributed by atoms with van der Waals surface area (Å²) in [6, 6.07) is 6.42. The molecule has 0 unspecified atom stereocenters. The van der Waals surface area contributed by atoms with E-state index in [1.165, 1.54) is 6.07 Å². The molecule has 0 N–H and O–H groups in total. The van der Waals surface area contributed by atoms with E-state index in [-0.39, 0.29) is 5.82 Å². The molecular weight excluding hydrogens is 249 g/mol. The normalized spacial score (nSPS) is 10.1. The predicted octanol–water partition coefficient (Wildman–Crippen LogP) is 2.44. The lowest BCUT2D eigenvalue weighted by Gasteiger charge is -1.97. The molecule has 2 rings (SSSR count). The minimum Gasteiger partial charge on any atom is -0.251 e. The maximum Gasteiger partial charge on any atom is 0.141 e. The van der Waals surface area contributed by atoms with Crippen LogP contribution in [-0.2, 0) is 0 Å². The van der Waals surface area contributed by atoms with E-state index in [1.54, 1.807) is 18.2 Å². The molecule has 3 nitrogen and oxygen atoms in total. The van der Waals surface area contributed by atoms with Gasteiger partial charge in [0.15, 0.2) is 0 Å². The highest BCUT2D eigenvalue weighted by atomic mass is 79.9. The van der Waals surface area contributed by atoms with Gasteiger partial charge >= 0.3 is 0 Å². The molecule has 0 saturated heterocycles. The quantitative estimate of drug-likeness (QED) is 0.784. The average molecular weight is 254 g/mol. The molecule has 2 heterocycles. The Morgan fingerprint density at radius 1 is 1.00 bits per heavy atom. The molecule has 0 atom stereocenters. The first kappa shape index (κ1) is 9.21. The van der Waals surface area contributed by atoms with Crippen molar-refractivity contribution in [3.05, 3.63) is 40.9 Å². The van der Waals surface area contributed by atoms with Gasteiger partial charge in [-0.1, -0.05) is 0 Å². The first-order chi connectivity index (χ1) is 6.75. The molecule has 0 amide bonds. The van der Waals surface area contributed by atoms with E-state index >= 15 is 0 Å². The standard InChI is InChI=1S/C9H5BrFN3/c10-9-4-3-8(13-14-9)7-2-1-6(11)5-12-7/h1-5H. The monoisotopic (exact) mass is 253 g/mol. The third-order valence-electron chi connectivity index (χ3n) is 1.62. The van der Waals surface area contributed by atoms with Crippen molar-refractivity contribution in [1.82, 2.24) is 15.2 Å². The summed E-state index contributed by atoms with van der Waals surface area (Å²) < 4.78 is 13.2. The van der Waals surface area contributed by atoms with Crippen molar-refractivity contribution < 1.29 is 4.39 Å². The molecule has 0 radical (unpaired) electrons. The first-order valence-electron chi connectivity index (χ1n) is 3.87. The smallest absolute Gasteiger partial charge is 0.141 e. The molecule has 0 aliphatic carbocycles. The maximum atomic E-state index is 12.6. The Morgan fingerprint density at radius 2 is 1.79 bits per heavy atom. The first-order valence-corrected chi connectivity index (χ1v) is 4.66. The highest BCUT2D eigenvalue weighted by Gasteiger charge is 2.01. The van der Waals surface area contributed by atoms with Crippen molar-refractivity contribution >= 4 is 15.9 Å². The van der Waals surface area contributed by atoms with Gasteiger partial charge in [-0.15, -0.1) is 10.2 Å². The van der Waals surface area contributed by atoms with E-state index in [2.05, 4.69) is 31.1 Å². The van der Waals surface area contributed by atoms with Crippen molar-refractivity contribution in [2.24, 2.45) is 0 Å². The second kappa shape index (κ2) is 3.79. The van der Waals surface area contributed by atoms with Crippen molar-refractivity contribution in [2.45, 2.75) is 0 Å². The highest BCUT2D eigenvalue weighted by Crippen LogP contribution is 2.14. The Balaban J connectivity index is 2.40. The van der Waals surface area contributed by atoms with E-state index in [0.29, 0.717) is 16.0 Å². The molecule has 0 aromatic carbocycles. The number of hydrogen-bond donors (Lipinski definition) is 0. The van der Waals surface area contributed by atoms with E-state index in [4.69, 9.17) is 0 Å². The summed E-state index contributed by atoms with van der Waals surface area (Å²) in [6.07, 6.45) is 1.15. The summed E-state index contributed by atoms with van der Waals surface area (Å²) in [7, 11) is 0. The number of pyridine rings is 1. The summed E-state index contributed by atoms with van der Waals surface area (Å²) >= 11 is 3.18. The number of rotatable bonds is 1. The molecule has 14 heavy (non-hydrogen) atoms. The van der Waals surface area contributed by atoms with Crippen LogP contribution in [0.25, 0.3) is 11.4 Å². The minimum absolute atomic E-state index is 0.362. The zero-order chi connectivity index (χ0) is 9.97. The average Bonchev–Trinajstić information content (AvgIpc) is 2.21. The van der Waals surface area contributed by atoms with Gasteiger partial charge in [0.05, 0.1) is 11.9 Å². The summed E-state index contributed by atoms with van der Waals surface area (Å²) in [4.78, 5) is 3.89. The van der Waals surface area contributed by atoms with Crippen LogP contribution in [0.2, 0.25) is 0 Å². The highest BCUT2D eigenvalue weighted by molar-refractivity contribution is 9.10. The molecule has 0 aliphatic heterocycles. The van der Waals surface area contributed by atoms with Gasteiger partial charge in [-0.2, -0.15) is 0 Å². The fraction of sp³-hybridized carbons (Fsp3) is 0. The summed E-state index contributed by atoms with van der Waals surface area (Å²) in [6.45, 7) is 0.